The third kappa shape index (κ3) is 9.15. The van der Waals surface area contributed by atoms with Crippen molar-refractivity contribution in [1.82, 2.24) is 0 Å². The average molecular weight is 452 g/mol. The Kier molecular flexibility index (Phi) is 10.6. The van der Waals surface area contributed by atoms with E-state index in [0.717, 1.165) is 11.8 Å². The molecule has 0 saturated carbocycles. The summed E-state index contributed by atoms with van der Waals surface area (Å²) in [5, 5.41) is 42.2. The van der Waals surface area contributed by atoms with E-state index in [0.29, 0.717) is 25.0 Å². The lowest BCUT2D eigenvalue weighted by atomic mass is 10.0. The van der Waals surface area contributed by atoms with Gasteiger partial charge in [0, 0.05) is 22.8 Å². The molecule has 6 atom stereocenters. The zero-order valence-electron chi connectivity index (χ0n) is 14.6. The number of oxime groups is 1. The summed E-state index contributed by atoms with van der Waals surface area (Å²) in [5.41, 5.74) is -1.16. The Balaban J connectivity index is 2.75. The van der Waals surface area contributed by atoms with Gasteiger partial charge in [-0.1, -0.05) is 23.3 Å². The van der Waals surface area contributed by atoms with Crippen molar-refractivity contribution in [1.29, 1.82) is 0 Å². The molecule has 1 rings (SSSR count). The molecule has 5 N–H and O–H groups in total. The second-order valence-electron chi connectivity index (χ2n) is 5.89. The monoisotopic (exact) mass is 451 g/mol. The highest BCUT2D eigenvalue weighted by Crippen LogP contribution is 2.30. The van der Waals surface area contributed by atoms with Gasteiger partial charge in [-0.2, -0.15) is 8.42 Å². The van der Waals surface area contributed by atoms with E-state index in [1.54, 1.807) is 6.26 Å². The molecular weight excluding hydrogens is 426 g/mol. The van der Waals surface area contributed by atoms with Gasteiger partial charge in [0.05, 0.1) is 6.61 Å². The molecule has 0 bridgehead atoms. The van der Waals surface area contributed by atoms with E-state index >= 15 is 0 Å². The van der Waals surface area contributed by atoms with Crippen LogP contribution in [0.15, 0.2) is 5.16 Å². The van der Waals surface area contributed by atoms with Gasteiger partial charge in [0.25, 0.3) is 0 Å². The van der Waals surface area contributed by atoms with E-state index in [9.17, 15) is 33.1 Å². The molecule has 1 heterocycles. The Morgan fingerprint density at radius 2 is 1.85 bits per heavy atom. The Morgan fingerprint density at radius 1 is 1.19 bits per heavy atom. The fourth-order valence-electron chi connectivity index (χ4n) is 2.27. The van der Waals surface area contributed by atoms with Crippen LogP contribution in [0.25, 0.3) is 0 Å². The molecule has 1 fully saturated rings. The predicted molar refractivity (Wildman–Crippen MR) is 98.8 cm³/mol. The van der Waals surface area contributed by atoms with Gasteiger partial charge < -0.3 is 25.2 Å². The molecule has 0 amide bonds. The number of unbranched alkanes of at least 4 members (excludes halogenated alkanes) is 2. The molecule has 27 heavy (non-hydrogen) atoms. The summed E-state index contributed by atoms with van der Waals surface area (Å²) in [6.07, 6.45) is -2.11. The van der Waals surface area contributed by atoms with Gasteiger partial charge in [-0.3, -0.25) is 8.76 Å². The molecular formula is C13H25NO10S3. The first kappa shape index (κ1) is 24.7. The van der Waals surface area contributed by atoms with Crippen molar-refractivity contribution in [2.45, 2.75) is 55.5 Å². The quantitative estimate of drug-likeness (QED) is 0.0864. The first-order valence-electron chi connectivity index (χ1n) is 8.05. The molecule has 11 nitrogen and oxygen atoms in total. The molecule has 6 unspecified atom stereocenters. The van der Waals surface area contributed by atoms with Crippen LogP contribution >= 0.6 is 11.8 Å². The lowest BCUT2D eigenvalue weighted by Gasteiger charge is -2.39. The number of aliphatic hydroxyl groups is 4. The van der Waals surface area contributed by atoms with E-state index < -0.39 is 57.7 Å². The van der Waals surface area contributed by atoms with E-state index in [4.69, 9.17) is 9.29 Å². The second kappa shape index (κ2) is 11.6. The molecule has 1 aliphatic rings. The molecule has 1 saturated heterocycles. The minimum atomic E-state index is -4.83. The van der Waals surface area contributed by atoms with Crippen molar-refractivity contribution in [3.8, 4) is 0 Å². The first-order valence-corrected chi connectivity index (χ1v) is 12.0. The van der Waals surface area contributed by atoms with Crippen LogP contribution < -0.4 is 0 Å². The maximum atomic E-state index is 11.0. The normalized spacial score (nSPS) is 30.9. The Bertz CT molecular complexity index is 611. The van der Waals surface area contributed by atoms with Gasteiger partial charge in [0.15, 0.2) is 0 Å². The minimum Gasteiger partial charge on any atom is -0.394 e. The van der Waals surface area contributed by atoms with Crippen LogP contribution in [-0.2, 0) is 30.2 Å². The fraction of sp³-hybridized carbons (Fsp3) is 0.923. The van der Waals surface area contributed by atoms with Gasteiger partial charge in [0.2, 0.25) is 0 Å². The molecule has 14 heteroatoms. The summed E-state index contributed by atoms with van der Waals surface area (Å²) in [7, 11) is -5.75. The number of rotatable bonds is 10. The minimum absolute atomic E-state index is 0.0505. The summed E-state index contributed by atoms with van der Waals surface area (Å²) in [6.45, 7) is -0.607. The third-order valence-corrected chi connectivity index (χ3v) is 5.96. The van der Waals surface area contributed by atoms with Gasteiger partial charge in [0.1, 0.15) is 34.9 Å². The van der Waals surface area contributed by atoms with Gasteiger partial charge in [-0.05, 0) is 19.3 Å². The molecule has 0 spiro atoms. The maximum absolute atomic E-state index is 11.0. The van der Waals surface area contributed by atoms with Crippen molar-refractivity contribution in [3.63, 3.8) is 0 Å². The highest BCUT2D eigenvalue weighted by molar-refractivity contribution is 8.14. The second-order valence-corrected chi connectivity index (χ2v) is 9.62. The number of hydrogen-bond donors (Lipinski definition) is 5. The van der Waals surface area contributed by atoms with Crippen molar-refractivity contribution < 1.29 is 46.6 Å². The van der Waals surface area contributed by atoms with Crippen LogP contribution in [0, 0.1) is 0 Å². The summed E-state index contributed by atoms with van der Waals surface area (Å²) < 4.78 is 50.5. The standard InChI is InChI=1S/C13H25NO10S3/c1-26(19)6-4-2-3-5-9(14-24-27(20,21)22)25-13-12(18)11(17)10(16)8(7-15)23-13/h8,10-13,15-18H,2-7H2,1H3,(H,20,21,22)/b14-9+. The van der Waals surface area contributed by atoms with Crippen molar-refractivity contribution in [2.24, 2.45) is 5.16 Å². The predicted octanol–water partition coefficient (Wildman–Crippen LogP) is -1.41. The molecule has 0 aliphatic carbocycles. The lowest BCUT2D eigenvalue weighted by Crippen LogP contribution is -2.57. The van der Waals surface area contributed by atoms with Gasteiger partial charge in [-0.25, -0.2) is 4.28 Å². The molecule has 0 aromatic heterocycles. The Morgan fingerprint density at radius 3 is 2.41 bits per heavy atom. The summed E-state index contributed by atoms with van der Waals surface area (Å²) in [4.78, 5) is 0. The van der Waals surface area contributed by atoms with Crippen molar-refractivity contribution in [2.75, 3.05) is 18.6 Å². The van der Waals surface area contributed by atoms with E-state index in [1.165, 1.54) is 0 Å². The Hall–Kier alpha value is -0.320. The summed E-state index contributed by atoms with van der Waals surface area (Å²) >= 11 is 0.739. The molecule has 0 aromatic carbocycles. The van der Waals surface area contributed by atoms with E-state index in [-0.39, 0.29) is 11.5 Å². The van der Waals surface area contributed by atoms with Crippen LogP contribution in [0.4, 0.5) is 0 Å². The third-order valence-electron chi connectivity index (χ3n) is 3.66. The van der Waals surface area contributed by atoms with E-state index in [1.807, 2.05) is 0 Å². The maximum Gasteiger partial charge on any atom is 0.466 e. The number of ether oxygens (including phenoxy) is 1. The molecule has 0 radical (unpaired) electrons. The molecule has 1 aliphatic heterocycles. The van der Waals surface area contributed by atoms with Crippen LogP contribution in [-0.4, -0.2) is 91.1 Å². The topological polar surface area (TPSA) is 183 Å². The highest BCUT2D eigenvalue weighted by atomic mass is 32.3. The summed E-state index contributed by atoms with van der Waals surface area (Å²) in [6, 6.07) is 0. The zero-order valence-corrected chi connectivity index (χ0v) is 17.0. The lowest BCUT2D eigenvalue weighted by molar-refractivity contribution is -0.205. The van der Waals surface area contributed by atoms with E-state index in [2.05, 4.69) is 9.44 Å². The molecule has 160 valence electrons. The fourth-order valence-corrected chi connectivity index (χ4v) is 4.22. The van der Waals surface area contributed by atoms with Crippen LogP contribution in [0.3, 0.4) is 0 Å². The van der Waals surface area contributed by atoms with Crippen LogP contribution in [0.5, 0.6) is 0 Å². The van der Waals surface area contributed by atoms with Gasteiger partial charge >= 0.3 is 10.4 Å². The van der Waals surface area contributed by atoms with Crippen LogP contribution in [0.2, 0.25) is 0 Å². The smallest absolute Gasteiger partial charge is 0.394 e. The van der Waals surface area contributed by atoms with Crippen LogP contribution in [0.1, 0.15) is 25.7 Å². The van der Waals surface area contributed by atoms with Crippen molar-refractivity contribution >= 4 is 38.0 Å². The zero-order chi connectivity index (χ0) is 20.6. The van der Waals surface area contributed by atoms with Crippen molar-refractivity contribution in [3.05, 3.63) is 0 Å². The first-order chi connectivity index (χ1) is 12.5. The summed E-state index contributed by atoms with van der Waals surface area (Å²) in [5.74, 6) is 0.522. The number of aliphatic hydroxyl groups excluding tert-OH is 4. The number of nitrogens with zero attached hydrogens (tertiary/aromatic N) is 1. The average Bonchev–Trinajstić information content (AvgIpc) is 2.58. The number of thioether (sulfide) groups is 1. The molecule has 0 aromatic rings. The highest BCUT2D eigenvalue weighted by Gasteiger charge is 2.44. The van der Waals surface area contributed by atoms with Gasteiger partial charge in [-0.15, -0.1) is 0 Å². The Labute approximate surface area is 164 Å². The SMILES string of the molecule is CS(=O)CCCCC/C(=N\OS(=O)(=O)O)SC1OC(CO)C(O)C(O)C1O. The largest absolute Gasteiger partial charge is 0.466 e. The number of hydrogen-bond acceptors (Lipinski definition) is 11.